The van der Waals surface area contributed by atoms with E-state index in [0.717, 1.165) is 32.9 Å². The maximum Gasteiger partial charge on any atom is 0.161 e. The van der Waals surface area contributed by atoms with Crippen molar-refractivity contribution in [3.63, 3.8) is 0 Å². The Morgan fingerprint density at radius 2 is 0.927 bits per heavy atom. The van der Waals surface area contributed by atoms with Gasteiger partial charge in [0.1, 0.15) is 4.83 Å². The van der Waals surface area contributed by atoms with E-state index in [0.29, 0.717) is 0 Å². The van der Waals surface area contributed by atoms with Crippen LogP contribution in [0, 0.1) is 0 Å². The topological polar surface area (TPSA) is 25.8 Å². The molecule has 0 bridgehead atoms. The van der Waals surface area contributed by atoms with Crippen molar-refractivity contribution in [1.29, 1.82) is 0 Å². The van der Waals surface area contributed by atoms with E-state index in [1.807, 2.05) is 0 Å². The van der Waals surface area contributed by atoms with Crippen molar-refractivity contribution in [2.75, 3.05) is 0 Å². The molecule has 2 aromatic heterocycles. The zero-order chi connectivity index (χ0) is 37.1. The average Bonchev–Trinajstić information content (AvgIpc) is 3.79. The van der Waals surface area contributed by atoms with Crippen molar-refractivity contribution in [2.24, 2.45) is 0 Å². The fourth-order valence-corrected chi connectivity index (χ4v) is 10.4. The summed E-state index contributed by atoms with van der Waals surface area (Å²) in [6.07, 6.45) is 0. The zero-order valence-corrected chi connectivity index (χ0v) is 32.1. The van der Waals surface area contributed by atoms with Crippen LogP contribution in [0.2, 0.25) is 0 Å². The molecule has 9 aromatic rings. The van der Waals surface area contributed by atoms with Gasteiger partial charge in [-0.1, -0.05) is 161 Å². The van der Waals surface area contributed by atoms with Crippen LogP contribution in [0.15, 0.2) is 158 Å². The molecule has 0 saturated carbocycles. The Bertz CT molecular complexity index is 3000. The minimum Gasteiger partial charge on any atom is -0.227 e. The van der Waals surface area contributed by atoms with E-state index >= 15 is 0 Å². The molecule has 3 heteroatoms. The van der Waals surface area contributed by atoms with E-state index in [1.54, 1.807) is 11.3 Å². The van der Waals surface area contributed by atoms with Gasteiger partial charge in [0.05, 0.1) is 5.69 Å². The van der Waals surface area contributed by atoms with Crippen LogP contribution < -0.4 is 0 Å². The smallest absolute Gasteiger partial charge is 0.161 e. The average molecular weight is 723 g/mol. The fourth-order valence-electron chi connectivity index (χ4n) is 9.33. The summed E-state index contributed by atoms with van der Waals surface area (Å²) < 4.78 is 1.23. The predicted octanol–water partition coefficient (Wildman–Crippen LogP) is 14.1. The van der Waals surface area contributed by atoms with E-state index in [-0.39, 0.29) is 10.8 Å². The second-order valence-corrected chi connectivity index (χ2v) is 17.2. The van der Waals surface area contributed by atoms with Gasteiger partial charge in [-0.2, -0.15) is 0 Å². The highest BCUT2D eigenvalue weighted by Crippen LogP contribution is 2.56. The molecular formula is C52H38N2S. The van der Waals surface area contributed by atoms with Crippen LogP contribution >= 0.6 is 11.3 Å². The van der Waals surface area contributed by atoms with Crippen LogP contribution in [0.25, 0.3) is 87.5 Å². The Morgan fingerprint density at radius 3 is 1.64 bits per heavy atom. The maximum atomic E-state index is 5.19. The highest BCUT2D eigenvalue weighted by Gasteiger charge is 2.41. The van der Waals surface area contributed by atoms with Gasteiger partial charge in [0.25, 0.3) is 0 Å². The lowest BCUT2D eigenvalue weighted by Crippen LogP contribution is -2.17. The van der Waals surface area contributed by atoms with Gasteiger partial charge in [-0.3, -0.25) is 0 Å². The molecule has 0 aliphatic heterocycles. The molecule has 2 aliphatic rings. The summed E-state index contributed by atoms with van der Waals surface area (Å²) in [5, 5.41) is 2.33. The minimum atomic E-state index is -0.0911. The first-order chi connectivity index (χ1) is 26.8. The van der Waals surface area contributed by atoms with Crippen molar-refractivity contribution in [3.05, 3.63) is 180 Å². The molecule has 0 spiro atoms. The van der Waals surface area contributed by atoms with Gasteiger partial charge in [-0.05, 0) is 91.0 Å². The van der Waals surface area contributed by atoms with E-state index in [2.05, 4.69) is 185 Å². The number of aromatic nitrogens is 2. The molecule has 0 fully saturated rings. The van der Waals surface area contributed by atoms with Crippen molar-refractivity contribution in [1.82, 2.24) is 9.97 Å². The molecule has 2 aliphatic carbocycles. The van der Waals surface area contributed by atoms with Crippen LogP contribution in [-0.2, 0) is 10.8 Å². The summed E-state index contributed by atoms with van der Waals surface area (Å²) in [5.41, 5.74) is 19.0. The quantitative estimate of drug-likeness (QED) is 0.181. The van der Waals surface area contributed by atoms with Gasteiger partial charge >= 0.3 is 0 Å². The number of nitrogens with zero attached hydrogens (tertiary/aromatic N) is 2. The SMILES string of the molecule is CC1(C)c2ccccc2-c2cc3c(cc21)-c1ccc(-c2ccc(-c4ccc(-c5nc(-c6ccccc6)c6c(n5)sc5ccccc56)cc4)cc2)cc1C3(C)C. The van der Waals surface area contributed by atoms with Gasteiger partial charge in [0.15, 0.2) is 5.82 Å². The molecule has 11 rings (SSSR count). The lowest BCUT2D eigenvalue weighted by atomic mass is 9.79. The van der Waals surface area contributed by atoms with Gasteiger partial charge in [-0.25, -0.2) is 9.97 Å². The van der Waals surface area contributed by atoms with Crippen LogP contribution in [0.3, 0.4) is 0 Å². The molecule has 262 valence electrons. The highest BCUT2D eigenvalue weighted by molar-refractivity contribution is 7.25. The Balaban J connectivity index is 0.902. The molecule has 0 atom stereocenters. The van der Waals surface area contributed by atoms with E-state index in [4.69, 9.17) is 9.97 Å². The first-order valence-corrected chi connectivity index (χ1v) is 20.0. The summed E-state index contributed by atoms with van der Waals surface area (Å²) in [5.74, 6) is 0.750. The lowest BCUT2D eigenvalue weighted by Gasteiger charge is -2.24. The van der Waals surface area contributed by atoms with Crippen molar-refractivity contribution in [2.45, 2.75) is 38.5 Å². The van der Waals surface area contributed by atoms with Crippen molar-refractivity contribution < 1.29 is 0 Å². The number of fused-ring (bicyclic) bond motifs is 9. The van der Waals surface area contributed by atoms with Gasteiger partial charge < -0.3 is 0 Å². The molecular weight excluding hydrogens is 685 g/mol. The maximum absolute atomic E-state index is 5.19. The van der Waals surface area contributed by atoms with Crippen LogP contribution in [0.5, 0.6) is 0 Å². The minimum absolute atomic E-state index is 0.0104. The molecule has 2 nitrogen and oxygen atoms in total. The van der Waals surface area contributed by atoms with Crippen molar-refractivity contribution >= 4 is 31.6 Å². The molecule has 55 heavy (non-hydrogen) atoms. The summed E-state index contributed by atoms with van der Waals surface area (Å²) in [4.78, 5) is 11.3. The van der Waals surface area contributed by atoms with Gasteiger partial charge in [-0.15, -0.1) is 11.3 Å². The Hall–Kier alpha value is -6.16. The van der Waals surface area contributed by atoms with Gasteiger partial charge in [0.2, 0.25) is 0 Å². The number of benzene rings is 7. The first kappa shape index (κ1) is 32.3. The lowest BCUT2D eigenvalue weighted by molar-refractivity contribution is 0.652. The van der Waals surface area contributed by atoms with E-state index < -0.39 is 0 Å². The van der Waals surface area contributed by atoms with E-state index in [9.17, 15) is 0 Å². The molecule has 2 heterocycles. The number of hydrogen-bond donors (Lipinski definition) is 0. The number of hydrogen-bond acceptors (Lipinski definition) is 3. The molecule has 0 unspecified atom stereocenters. The first-order valence-electron chi connectivity index (χ1n) is 19.2. The molecule has 0 amide bonds. The molecule has 0 saturated heterocycles. The monoisotopic (exact) mass is 722 g/mol. The Kier molecular flexibility index (Phi) is 6.85. The van der Waals surface area contributed by atoms with Crippen molar-refractivity contribution in [3.8, 4) is 67.2 Å². The third-order valence-corrected chi connectivity index (χ3v) is 13.4. The van der Waals surface area contributed by atoms with Crippen LogP contribution in [-0.4, -0.2) is 9.97 Å². The third-order valence-electron chi connectivity index (χ3n) is 12.4. The van der Waals surface area contributed by atoms with E-state index in [1.165, 1.54) is 76.8 Å². The van der Waals surface area contributed by atoms with Crippen LogP contribution in [0.4, 0.5) is 0 Å². The predicted molar refractivity (Wildman–Crippen MR) is 232 cm³/mol. The Morgan fingerprint density at radius 1 is 0.400 bits per heavy atom. The second kappa shape index (κ2) is 11.7. The third kappa shape index (κ3) is 4.79. The number of thiophene rings is 1. The Labute approximate surface area is 325 Å². The standard InChI is InChI=1S/C52H38N2S/c1-51(2)42-16-10-8-14-37(42)40-29-45-41(30-44(40)51)38-27-26-36(28-43(38)52(45,3)4)33-20-18-31(19-21-33)32-22-24-35(25-23-32)49-53-48(34-12-6-5-7-13-34)47-39-15-9-11-17-46(39)55-50(47)54-49/h5-30H,1-4H3. The number of rotatable bonds is 4. The zero-order valence-electron chi connectivity index (χ0n) is 31.3. The molecule has 0 N–H and O–H groups in total. The summed E-state index contributed by atoms with van der Waals surface area (Å²) >= 11 is 1.73. The summed E-state index contributed by atoms with van der Waals surface area (Å²) in [6, 6.07) is 57.7. The second-order valence-electron chi connectivity index (χ2n) is 16.2. The largest absolute Gasteiger partial charge is 0.227 e. The molecule has 0 radical (unpaired) electrons. The van der Waals surface area contributed by atoms with Gasteiger partial charge in [0, 0.05) is 37.4 Å². The summed E-state index contributed by atoms with van der Waals surface area (Å²) in [6.45, 7) is 9.52. The normalized spacial score (nSPS) is 14.5. The molecule has 7 aromatic carbocycles. The van der Waals surface area contributed by atoms with Crippen LogP contribution in [0.1, 0.15) is 49.9 Å². The summed E-state index contributed by atoms with van der Waals surface area (Å²) in [7, 11) is 0. The fraction of sp³-hybridized carbons (Fsp3) is 0.115. The highest BCUT2D eigenvalue weighted by atomic mass is 32.1.